The van der Waals surface area contributed by atoms with Crippen molar-refractivity contribution in [2.75, 3.05) is 18.5 Å². The number of ether oxygens (including phenoxy) is 2. The lowest BCUT2D eigenvalue weighted by atomic mass is 10.2. The molecule has 2 aromatic rings. The SMILES string of the molecule is CCOc1cc(/C=N\NC(=O)C(=O)N[C@@H](C)CC)cc(I)c1OCC(=O)Nc1ccc(Cl)cc1. The predicted molar refractivity (Wildman–Crippen MR) is 140 cm³/mol. The molecule has 0 aliphatic carbocycles. The van der Waals surface area contributed by atoms with E-state index in [1.165, 1.54) is 6.21 Å². The van der Waals surface area contributed by atoms with Crippen LogP contribution in [0, 0.1) is 3.57 Å². The Kier molecular flexibility index (Phi) is 11.1. The smallest absolute Gasteiger partial charge is 0.329 e. The molecule has 0 fully saturated rings. The van der Waals surface area contributed by atoms with E-state index in [0.29, 0.717) is 44.4 Å². The van der Waals surface area contributed by atoms with Gasteiger partial charge in [0.05, 0.1) is 16.4 Å². The maximum Gasteiger partial charge on any atom is 0.329 e. The molecule has 0 aromatic heterocycles. The second kappa shape index (κ2) is 13.8. The fourth-order valence-electron chi connectivity index (χ4n) is 2.54. The summed E-state index contributed by atoms with van der Waals surface area (Å²) in [4.78, 5) is 35.9. The molecule has 34 heavy (non-hydrogen) atoms. The highest BCUT2D eigenvalue weighted by molar-refractivity contribution is 14.1. The number of amides is 3. The number of rotatable bonds is 10. The molecular weight excluding hydrogens is 575 g/mol. The van der Waals surface area contributed by atoms with Crippen molar-refractivity contribution in [2.45, 2.75) is 33.2 Å². The Balaban J connectivity index is 2.03. The number of nitrogens with zero attached hydrogens (tertiary/aromatic N) is 1. The van der Waals surface area contributed by atoms with E-state index in [1.807, 2.05) is 13.8 Å². The summed E-state index contributed by atoms with van der Waals surface area (Å²) in [6.45, 7) is 5.67. The van der Waals surface area contributed by atoms with Gasteiger partial charge in [-0.2, -0.15) is 5.10 Å². The Morgan fingerprint density at radius 3 is 2.47 bits per heavy atom. The van der Waals surface area contributed by atoms with Gasteiger partial charge in [-0.25, -0.2) is 5.43 Å². The van der Waals surface area contributed by atoms with Gasteiger partial charge in [0.1, 0.15) is 0 Å². The second-order valence-electron chi connectivity index (χ2n) is 7.09. The Hall–Kier alpha value is -2.86. The Morgan fingerprint density at radius 2 is 1.82 bits per heavy atom. The first kappa shape index (κ1) is 27.4. The maximum absolute atomic E-state index is 12.3. The van der Waals surface area contributed by atoms with Crippen LogP contribution in [0.5, 0.6) is 11.5 Å². The van der Waals surface area contributed by atoms with Crippen LogP contribution in [-0.4, -0.2) is 43.2 Å². The number of hydrazone groups is 1. The number of hydrogen-bond acceptors (Lipinski definition) is 6. The molecule has 3 amide bonds. The standard InChI is InChI=1S/C23H26ClIN4O5/c1-4-14(3)27-22(31)23(32)29-26-12-15-10-18(25)21(19(11-15)33-5-2)34-13-20(30)28-17-8-6-16(24)7-9-17/h6-12,14H,4-5,13H2,1-3H3,(H,27,31)(H,28,30)(H,29,32)/b26-12-/t14-/m0/s1. The Bertz CT molecular complexity index is 1050. The molecule has 0 aliphatic rings. The van der Waals surface area contributed by atoms with Crippen molar-refractivity contribution in [1.29, 1.82) is 0 Å². The fourth-order valence-corrected chi connectivity index (χ4v) is 3.45. The van der Waals surface area contributed by atoms with Crippen LogP contribution in [0.25, 0.3) is 0 Å². The quantitative estimate of drug-likeness (QED) is 0.166. The van der Waals surface area contributed by atoms with Gasteiger partial charge in [0, 0.05) is 16.8 Å². The summed E-state index contributed by atoms with van der Waals surface area (Å²) in [7, 11) is 0. The van der Waals surface area contributed by atoms with Crippen molar-refractivity contribution < 1.29 is 23.9 Å². The molecule has 0 radical (unpaired) electrons. The van der Waals surface area contributed by atoms with E-state index in [-0.39, 0.29) is 18.6 Å². The average Bonchev–Trinajstić information content (AvgIpc) is 2.80. The van der Waals surface area contributed by atoms with Gasteiger partial charge in [0.15, 0.2) is 18.1 Å². The van der Waals surface area contributed by atoms with Gasteiger partial charge in [0.25, 0.3) is 5.91 Å². The second-order valence-corrected chi connectivity index (χ2v) is 8.69. The zero-order valence-electron chi connectivity index (χ0n) is 19.0. The third kappa shape index (κ3) is 8.82. The van der Waals surface area contributed by atoms with Gasteiger partial charge < -0.3 is 20.1 Å². The van der Waals surface area contributed by atoms with E-state index in [2.05, 4.69) is 43.8 Å². The molecule has 0 unspecified atom stereocenters. The molecule has 0 aliphatic heterocycles. The summed E-state index contributed by atoms with van der Waals surface area (Å²) < 4.78 is 12.0. The lowest BCUT2D eigenvalue weighted by Gasteiger charge is -2.14. The molecule has 0 saturated carbocycles. The van der Waals surface area contributed by atoms with Gasteiger partial charge in [-0.05, 0) is 84.8 Å². The van der Waals surface area contributed by atoms with Gasteiger partial charge >= 0.3 is 11.8 Å². The summed E-state index contributed by atoms with van der Waals surface area (Å²) in [5.41, 5.74) is 3.40. The van der Waals surface area contributed by atoms with Crippen molar-refractivity contribution in [3.05, 3.63) is 50.6 Å². The minimum atomic E-state index is -0.858. The third-order valence-corrected chi connectivity index (χ3v) is 5.44. The van der Waals surface area contributed by atoms with Crippen LogP contribution in [0.1, 0.15) is 32.8 Å². The van der Waals surface area contributed by atoms with Gasteiger partial charge in [-0.3, -0.25) is 14.4 Å². The van der Waals surface area contributed by atoms with Gasteiger partial charge in [0.2, 0.25) is 0 Å². The molecule has 1 atom stereocenters. The van der Waals surface area contributed by atoms with Crippen LogP contribution in [-0.2, 0) is 14.4 Å². The van der Waals surface area contributed by atoms with E-state index in [1.54, 1.807) is 43.3 Å². The highest BCUT2D eigenvalue weighted by Crippen LogP contribution is 2.34. The molecule has 0 bridgehead atoms. The van der Waals surface area contributed by atoms with Crippen LogP contribution < -0.4 is 25.5 Å². The maximum atomic E-state index is 12.3. The van der Waals surface area contributed by atoms with E-state index >= 15 is 0 Å². The van der Waals surface area contributed by atoms with Crippen molar-refractivity contribution in [2.24, 2.45) is 5.10 Å². The van der Waals surface area contributed by atoms with E-state index < -0.39 is 11.8 Å². The Morgan fingerprint density at radius 1 is 1.12 bits per heavy atom. The van der Waals surface area contributed by atoms with Crippen LogP contribution in [0.4, 0.5) is 5.69 Å². The number of hydrogen-bond donors (Lipinski definition) is 3. The summed E-state index contributed by atoms with van der Waals surface area (Å²) in [5.74, 6) is -1.14. The summed E-state index contributed by atoms with van der Waals surface area (Å²) in [5, 5.41) is 9.69. The lowest BCUT2D eigenvalue weighted by molar-refractivity contribution is -0.139. The molecule has 0 saturated heterocycles. The molecule has 0 spiro atoms. The van der Waals surface area contributed by atoms with Crippen molar-refractivity contribution in [1.82, 2.24) is 10.7 Å². The zero-order valence-corrected chi connectivity index (χ0v) is 21.9. The highest BCUT2D eigenvalue weighted by atomic mass is 127. The number of nitrogens with one attached hydrogen (secondary N) is 3. The molecule has 2 rings (SSSR count). The van der Waals surface area contributed by atoms with Crippen LogP contribution in [0.15, 0.2) is 41.5 Å². The van der Waals surface area contributed by atoms with Crippen molar-refractivity contribution in [3.8, 4) is 11.5 Å². The average molecular weight is 601 g/mol. The number of benzene rings is 2. The van der Waals surface area contributed by atoms with E-state index in [9.17, 15) is 14.4 Å². The third-order valence-electron chi connectivity index (χ3n) is 4.38. The highest BCUT2D eigenvalue weighted by Gasteiger charge is 2.16. The topological polar surface area (TPSA) is 118 Å². The van der Waals surface area contributed by atoms with E-state index in [4.69, 9.17) is 21.1 Å². The summed E-state index contributed by atoms with van der Waals surface area (Å²) in [6, 6.07) is 10.0. The summed E-state index contributed by atoms with van der Waals surface area (Å²) in [6.07, 6.45) is 2.09. The molecule has 2 aromatic carbocycles. The fraction of sp³-hybridized carbons (Fsp3) is 0.304. The molecular formula is C23H26ClIN4O5. The number of carbonyl (C=O) groups is 3. The largest absolute Gasteiger partial charge is 0.490 e. The van der Waals surface area contributed by atoms with E-state index in [0.717, 1.165) is 0 Å². The first-order valence-electron chi connectivity index (χ1n) is 10.5. The Labute approximate surface area is 216 Å². The van der Waals surface area contributed by atoms with Gasteiger partial charge in [-0.15, -0.1) is 0 Å². The minimum absolute atomic E-state index is 0.113. The van der Waals surface area contributed by atoms with Crippen LogP contribution >= 0.6 is 34.2 Å². The molecule has 182 valence electrons. The number of anilines is 1. The number of carbonyl (C=O) groups excluding carboxylic acids is 3. The molecule has 3 N–H and O–H groups in total. The first-order chi connectivity index (χ1) is 16.2. The van der Waals surface area contributed by atoms with Gasteiger partial charge in [-0.1, -0.05) is 18.5 Å². The lowest BCUT2D eigenvalue weighted by Crippen LogP contribution is -2.41. The predicted octanol–water partition coefficient (Wildman–Crippen LogP) is 3.73. The normalized spacial score (nSPS) is 11.6. The zero-order chi connectivity index (χ0) is 25.1. The monoisotopic (exact) mass is 600 g/mol. The van der Waals surface area contributed by atoms with Crippen LogP contribution in [0.2, 0.25) is 5.02 Å². The number of halogens is 2. The summed E-state index contributed by atoms with van der Waals surface area (Å²) >= 11 is 7.91. The molecule has 0 heterocycles. The molecule has 11 heteroatoms. The van der Waals surface area contributed by atoms with Crippen LogP contribution in [0.3, 0.4) is 0 Å². The minimum Gasteiger partial charge on any atom is -0.490 e. The molecule has 9 nitrogen and oxygen atoms in total. The van der Waals surface area contributed by atoms with Crippen molar-refractivity contribution in [3.63, 3.8) is 0 Å². The first-order valence-corrected chi connectivity index (χ1v) is 12.0. The van der Waals surface area contributed by atoms with Crippen molar-refractivity contribution >= 4 is 63.8 Å².